The number of halogens is 2. The summed E-state index contributed by atoms with van der Waals surface area (Å²) in [5.74, 6) is 0. The quantitative estimate of drug-likeness (QED) is 0.680. The minimum Gasteiger partial charge on any atom is -0.359 e. The SMILES string of the molecule is COCOC(c1ccccc1)c1cccc(Br)c1Br. The molecule has 0 fully saturated rings. The first-order valence-electron chi connectivity index (χ1n) is 5.83. The van der Waals surface area contributed by atoms with Crippen LogP contribution < -0.4 is 0 Å². The summed E-state index contributed by atoms with van der Waals surface area (Å²) in [4.78, 5) is 0. The van der Waals surface area contributed by atoms with Gasteiger partial charge in [0.25, 0.3) is 0 Å². The number of hydrogen-bond acceptors (Lipinski definition) is 2. The van der Waals surface area contributed by atoms with Crippen LogP contribution >= 0.6 is 31.9 Å². The monoisotopic (exact) mass is 384 g/mol. The van der Waals surface area contributed by atoms with Crippen LogP contribution in [-0.4, -0.2) is 13.9 Å². The summed E-state index contributed by atoms with van der Waals surface area (Å²) < 4.78 is 12.9. The van der Waals surface area contributed by atoms with E-state index in [1.165, 1.54) is 0 Å². The van der Waals surface area contributed by atoms with Crippen molar-refractivity contribution in [2.45, 2.75) is 6.10 Å². The highest BCUT2D eigenvalue weighted by Gasteiger charge is 2.18. The van der Waals surface area contributed by atoms with Gasteiger partial charge in [0.15, 0.2) is 0 Å². The molecule has 0 heterocycles. The Morgan fingerprint density at radius 2 is 1.74 bits per heavy atom. The third-order valence-electron chi connectivity index (χ3n) is 2.72. The summed E-state index contributed by atoms with van der Waals surface area (Å²) in [5, 5.41) is 0. The molecule has 2 aromatic rings. The van der Waals surface area contributed by atoms with Crippen LogP contribution in [-0.2, 0) is 9.47 Å². The fourth-order valence-electron chi connectivity index (χ4n) is 1.85. The lowest BCUT2D eigenvalue weighted by atomic mass is 10.0. The zero-order valence-electron chi connectivity index (χ0n) is 10.5. The molecule has 0 spiro atoms. The first-order chi connectivity index (χ1) is 9.24. The predicted molar refractivity (Wildman–Crippen MR) is 83.1 cm³/mol. The van der Waals surface area contributed by atoms with E-state index in [1.807, 2.05) is 48.5 Å². The number of ether oxygens (including phenoxy) is 2. The van der Waals surface area contributed by atoms with Gasteiger partial charge in [-0.3, -0.25) is 0 Å². The van der Waals surface area contributed by atoms with Crippen LogP contribution in [0.15, 0.2) is 57.5 Å². The second-order valence-electron chi connectivity index (χ2n) is 4.01. The molecule has 1 unspecified atom stereocenters. The van der Waals surface area contributed by atoms with E-state index >= 15 is 0 Å². The average molecular weight is 386 g/mol. The van der Waals surface area contributed by atoms with Gasteiger partial charge in [-0.15, -0.1) is 0 Å². The molecule has 0 aliphatic carbocycles. The molecule has 0 bridgehead atoms. The maximum Gasteiger partial charge on any atom is 0.147 e. The molecule has 0 saturated heterocycles. The van der Waals surface area contributed by atoms with Crippen molar-refractivity contribution >= 4 is 31.9 Å². The maximum absolute atomic E-state index is 5.83. The molecule has 19 heavy (non-hydrogen) atoms. The third-order valence-corrected chi connectivity index (χ3v) is 4.80. The summed E-state index contributed by atoms with van der Waals surface area (Å²) in [5.41, 5.74) is 2.16. The van der Waals surface area contributed by atoms with E-state index in [9.17, 15) is 0 Å². The minimum absolute atomic E-state index is 0.159. The lowest BCUT2D eigenvalue weighted by molar-refractivity contribution is -0.0593. The highest BCUT2D eigenvalue weighted by Crippen LogP contribution is 2.35. The topological polar surface area (TPSA) is 18.5 Å². The highest BCUT2D eigenvalue weighted by molar-refractivity contribution is 9.13. The zero-order valence-corrected chi connectivity index (χ0v) is 13.6. The Hall–Kier alpha value is -0.680. The second-order valence-corrected chi connectivity index (χ2v) is 5.65. The smallest absolute Gasteiger partial charge is 0.147 e. The van der Waals surface area contributed by atoms with Gasteiger partial charge < -0.3 is 9.47 Å². The van der Waals surface area contributed by atoms with E-state index in [0.717, 1.165) is 20.1 Å². The molecule has 0 aliphatic heterocycles. The van der Waals surface area contributed by atoms with Crippen LogP contribution in [0.4, 0.5) is 0 Å². The second kappa shape index (κ2) is 7.20. The van der Waals surface area contributed by atoms with Crippen molar-refractivity contribution in [2.75, 3.05) is 13.9 Å². The van der Waals surface area contributed by atoms with Gasteiger partial charge in [-0.2, -0.15) is 0 Å². The number of hydrogen-bond donors (Lipinski definition) is 0. The third kappa shape index (κ3) is 3.66. The van der Waals surface area contributed by atoms with Crippen LogP contribution in [0.1, 0.15) is 17.2 Å². The maximum atomic E-state index is 5.83. The zero-order chi connectivity index (χ0) is 13.7. The van der Waals surface area contributed by atoms with Crippen LogP contribution in [0, 0.1) is 0 Å². The largest absolute Gasteiger partial charge is 0.359 e. The molecule has 2 nitrogen and oxygen atoms in total. The molecule has 1 atom stereocenters. The molecule has 0 aromatic heterocycles. The first kappa shape index (κ1) is 14.7. The van der Waals surface area contributed by atoms with Crippen LogP contribution in [0.5, 0.6) is 0 Å². The Morgan fingerprint density at radius 1 is 1.00 bits per heavy atom. The Labute approximate surface area is 130 Å². The molecule has 2 aromatic carbocycles. The predicted octanol–water partition coefficient (Wildman–Crippen LogP) is 4.92. The van der Waals surface area contributed by atoms with E-state index < -0.39 is 0 Å². The van der Waals surface area contributed by atoms with Gasteiger partial charge in [0, 0.05) is 21.6 Å². The standard InChI is InChI=1S/C15H14Br2O2/c1-18-10-19-15(11-6-3-2-4-7-11)12-8-5-9-13(16)14(12)17/h2-9,15H,10H2,1H3. The highest BCUT2D eigenvalue weighted by atomic mass is 79.9. The van der Waals surface area contributed by atoms with E-state index in [-0.39, 0.29) is 12.9 Å². The van der Waals surface area contributed by atoms with Crippen molar-refractivity contribution in [2.24, 2.45) is 0 Å². The Morgan fingerprint density at radius 3 is 2.42 bits per heavy atom. The minimum atomic E-state index is -0.159. The van der Waals surface area contributed by atoms with Gasteiger partial charge in [-0.05, 0) is 43.5 Å². The summed E-state index contributed by atoms with van der Waals surface area (Å²) in [6.45, 7) is 0.249. The molecule has 2 rings (SSSR count). The number of methoxy groups -OCH3 is 1. The van der Waals surface area contributed by atoms with Crippen molar-refractivity contribution in [3.8, 4) is 0 Å². The number of benzene rings is 2. The van der Waals surface area contributed by atoms with Crippen LogP contribution in [0.25, 0.3) is 0 Å². The van der Waals surface area contributed by atoms with Gasteiger partial charge in [-0.25, -0.2) is 0 Å². The molecular weight excluding hydrogens is 372 g/mol. The summed E-state index contributed by atoms with van der Waals surface area (Å²) >= 11 is 7.12. The van der Waals surface area contributed by atoms with E-state index in [2.05, 4.69) is 31.9 Å². The van der Waals surface area contributed by atoms with Gasteiger partial charge in [-0.1, -0.05) is 42.5 Å². The van der Waals surface area contributed by atoms with Crippen molar-refractivity contribution < 1.29 is 9.47 Å². The lowest BCUT2D eigenvalue weighted by Gasteiger charge is -2.20. The first-order valence-corrected chi connectivity index (χ1v) is 7.42. The fourth-order valence-corrected chi connectivity index (χ4v) is 2.71. The van der Waals surface area contributed by atoms with Crippen LogP contribution in [0.2, 0.25) is 0 Å². The van der Waals surface area contributed by atoms with Crippen molar-refractivity contribution in [3.05, 3.63) is 68.6 Å². The fraction of sp³-hybridized carbons (Fsp3) is 0.200. The van der Waals surface area contributed by atoms with Crippen molar-refractivity contribution in [1.29, 1.82) is 0 Å². The van der Waals surface area contributed by atoms with Gasteiger partial charge in [0.2, 0.25) is 0 Å². The molecule has 0 saturated carbocycles. The summed E-state index contributed by atoms with van der Waals surface area (Å²) in [6, 6.07) is 16.1. The number of rotatable bonds is 5. The Bertz CT molecular complexity index is 529. The lowest BCUT2D eigenvalue weighted by Crippen LogP contribution is -2.09. The van der Waals surface area contributed by atoms with E-state index in [1.54, 1.807) is 7.11 Å². The summed E-state index contributed by atoms with van der Waals surface area (Å²) in [7, 11) is 1.62. The molecule has 4 heteroatoms. The van der Waals surface area contributed by atoms with Gasteiger partial charge in [0.1, 0.15) is 12.9 Å². The molecular formula is C15H14Br2O2. The summed E-state index contributed by atoms with van der Waals surface area (Å²) in [6.07, 6.45) is -0.159. The van der Waals surface area contributed by atoms with Crippen molar-refractivity contribution in [3.63, 3.8) is 0 Å². The van der Waals surface area contributed by atoms with Gasteiger partial charge in [0.05, 0.1) is 0 Å². The van der Waals surface area contributed by atoms with E-state index in [4.69, 9.17) is 9.47 Å². The molecule has 0 amide bonds. The van der Waals surface area contributed by atoms with E-state index in [0.29, 0.717) is 0 Å². The Balaban J connectivity index is 2.40. The Kier molecular flexibility index (Phi) is 5.58. The molecule has 0 radical (unpaired) electrons. The molecule has 100 valence electrons. The van der Waals surface area contributed by atoms with Gasteiger partial charge >= 0.3 is 0 Å². The molecule has 0 N–H and O–H groups in total. The van der Waals surface area contributed by atoms with Crippen molar-refractivity contribution in [1.82, 2.24) is 0 Å². The van der Waals surface area contributed by atoms with Crippen LogP contribution in [0.3, 0.4) is 0 Å². The average Bonchev–Trinajstić information content (AvgIpc) is 2.45. The normalized spacial score (nSPS) is 12.4. The molecule has 0 aliphatic rings.